The van der Waals surface area contributed by atoms with Gasteiger partial charge in [-0.15, -0.1) is 0 Å². The van der Waals surface area contributed by atoms with E-state index in [0.717, 1.165) is 17.8 Å². The molecule has 1 aromatic carbocycles. The molecule has 9 heteroatoms. The molecule has 162 valence electrons. The minimum atomic E-state index is -0.482. The molecule has 3 atom stereocenters. The second-order valence-corrected chi connectivity index (χ2v) is 8.56. The topological polar surface area (TPSA) is 100 Å². The molecule has 8 nitrogen and oxygen atoms in total. The minimum Gasteiger partial charge on any atom is -0.325 e. The number of nitrogens with one attached hydrogen (secondary N) is 4. The molecule has 1 aromatic heterocycles. The van der Waals surface area contributed by atoms with Gasteiger partial charge in [0.2, 0.25) is 11.8 Å². The minimum absolute atomic E-state index is 0.128. The van der Waals surface area contributed by atoms with E-state index < -0.39 is 6.04 Å². The molecule has 0 aliphatic carbocycles. The number of hydrogen-bond donors (Lipinski definition) is 4. The van der Waals surface area contributed by atoms with E-state index in [1.807, 2.05) is 19.9 Å². The fourth-order valence-electron chi connectivity index (χ4n) is 3.50. The standard InChI is InChI=1S/C21H29ClN6O2/c1-11(2)18-10-19(26-25-18)21(30)23-15-6-7-17(16(22)9-15)24-20(29)14(5)28-13(4)8-12(3)27-28/h6-9,11,14,18-19,25-26H,10H2,1-5H3,(H,23,30)(H,24,29). The maximum absolute atomic E-state index is 12.6. The Morgan fingerprint density at radius 1 is 1.17 bits per heavy atom. The van der Waals surface area contributed by atoms with E-state index in [0.29, 0.717) is 22.3 Å². The van der Waals surface area contributed by atoms with Crippen molar-refractivity contribution in [2.75, 3.05) is 10.6 Å². The molecule has 2 aromatic rings. The van der Waals surface area contributed by atoms with E-state index in [9.17, 15) is 9.59 Å². The highest BCUT2D eigenvalue weighted by Gasteiger charge is 2.30. The third-order valence-electron chi connectivity index (χ3n) is 5.34. The van der Waals surface area contributed by atoms with Gasteiger partial charge < -0.3 is 10.6 Å². The number of carbonyl (C=O) groups excluding carboxylic acids is 2. The molecular weight excluding hydrogens is 404 g/mol. The molecular formula is C21H29ClN6O2. The van der Waals surface area contributed by atoms with Gasteiger partial charge in [0.25, 0.3) is 0 Å². The largest absolute Gasteiger partial charge is 0.325 e. The van der Waals surface area contributed by atoms with Crippen molar-refractivity contribution in [1.82, 2.24) is 20.6 Å². The number of aromatic nitrogens is 2. The van der Waals surface area contributed by atoms with Crippen LogP contribution >= 0.6 is 11.6 Å². The van der Waals surface area contributed by atoms with Gasteiger partial charge in [0, 0.05) is 17.4 Å². The van der Waals surface area contributed by atoms with Crippen LogP contribution in [0.15, 0.2) is 24.3 Å². The maximum atomic E-state index is 12.6. The number of carbonyl (C=O) groups is 2. The van der Waals surface area contributed by atoms with Crippen molar-refractivity contribution in [3.8, 4) is 0 Å². The van der Waals surface area contributed by atoms with E-state index in [-0.39, 0.29) is 23.9 Å². The summed E-state index contributed by atoms with van der Waals surface area (Å²) in [5.74, 6) is 0.0852. The zero-order valence-electron chi connectivity index (χ0n) is 17.9. The fraction of sp³-hybridized carbons (Fsp3) is 0.476. The molecule has 0 bridgehead atoms. The van der Waals surface area contributed by atoms with Crippen LogP contribution in [0.25, 0.3) is 0 Å². The summed E-state index contributed by atoms with van der Waals surface area (Å²) in [6.07, 6.45) is 0.718. The molecule has 2 heterocycles. The number of benzene rings is 1. The first-order valence-corrected chi connectivity index (χ1v) is 10.5. The number of amides is 2. The van der Waals surface area contributed by atoms with Crippen LogP contribution in [0.1, 0.15) is 44.6 Å². The molecule has 0 saturated carbocycles. The van der Waals surface area contributed by atoms with Gasteiger partial charge in [-0.3, -0.25) is 19.7 Å². The second kappa shape index (κ2) is 9.16. The van der Waals surface area contributed by atoms with E-state index in [4.69, 9.17) is 11.6 Å². The van der Waals surface area contributed by atoms with Crippen LogP contribution in [0.3, 0.4) is 0 Å². The van der Waals surface area contributed by atoms with Crippen molar-refractivity contribution in [3.05, 3.63) is 40.7 Å². The molecule has 4 N–H and O–H groups in total. The van der Waals surface area contributed by atoms with Crippen LogP contribution in [0, 0.1) is 19.8 Å². The zero-order valence-corrected chi connectivity index (χ0v) is 18.7. The van der Waals surface area contributed by atoms with Gasteiger partial charge in [0.05, 0.1) is 16.4 Å². The van der Waals surface area contributed by atoms with E-state index in [2.05, 4.69) is 40.4 Å². The molecule has 1 saturated heterocycles. The van der Waals surface area contributed by atoms with Gasteiger partial charge in [0.1, 0.15) is 12.1 Å². The van der Waals surface area contributed by atoms with Crippen LogP contribution in [0.2, 0.25) is 5.02 Å². The first-order valence-electron chi connectivity index (χ1n) is 10.1. The number of hydrogen-bond acceptors (Lipinski definition) is 5. The number of aryl methyl sites for hydroxylation is 2. The van der Waals surface area contributed by atoms with Crippen molar-refractivity contribution in [2.45, 2.75) is 59.2 Å². The van der Waals surface area contributed by atoms with Crippen LogP contribution in [0.5, 0.6) is 0 Å². The zero-order chi connectivity index (χ0) is 22.0. The predicted octanol–water partition coefficient (Wildman–Crippen LogP) is 3.18. The number of rotatable bonds is 6. The van der Waals surface area contributed by atoms with Gasteiger partial charge in [-0.1, -0.05) is 25.4 Å². The van der Waals surface area contributed by atoms with Crippen LogP contribution in [-0.2, 0) is 9.59 Å². The van der Waals surface area contributed by atoms with Gasteiger partial charge in [-0.05, 0) is 57.4 Å². The molecule has 3 rings (SSSR count). The van der Waals surface area contributed by atoms with Gasteiger partial charge in [-0.25, -0.2) is 5.43 Å². The van der Waals surface area contributed by atoms with Gasteiger partial charge in [-0.2, -0.15) is 5.10 Å². The van der Waals surface area contributed by atoms with Crippen molar-refractivity contribution in [2.24, 2.45) is 5.92 Å². The Labute approximate surface area is 181 Å². The maximum Gasteiger partial charge on any atom is 0.248 e. The quantitative estimate of drug-likeness (QED) is 0.561. The van der Waals surface area contributed by atoms with E-state index in [1.54, 1.807) is 29.8 Å². The summed E-state index contributed by atoms with van der Waals surface area (Å²) in [5, 5.41) is 10.4. The Kier molecular flexibility index (Phi) is 6.80. The summed E-state index contributed by atoms with van der Waals surface area (Å²) in [6, 6.07) is 6.42. The normalized spacial score (nSPS) is 19.7. The van der Waals surface area contributed by atoms with Crippen molar-refractivity contribution in [1.29, 1.82) is 0 Å². The summed E-state index contributed by atoms with van der Waals surface area (Å²) in [6.45, 7) is 9.80. The number of anilines is 2. The van der Waals surface area contributed by atoms with Crippen molar-refractivity contribution < 1.29 is 9.59 Å². The number of nitrogens with zero attached hydrogens (tertiary/aromatic N) is 2. The van der Waals surface area contributed by atoms with Crippen LogP contribution in [0.4, 0.5) is 11.4 Å². The second-order valence-electron chi connectivity index (χ2n) is 8.15. The first-order chi connectivity index (χ1) is 14.2. The summed E-state index contributed by atoms with van der Waals surface area (Å²) in [7, 11) is 0. The van der Waals surface area contributed by atoms with Gasteiger partial charge >= 0.3 is 0 Å². The lowest BCUT2D eigenvalue weighted by Crippen LogP contribution is -2.40. The van der Waals surface area contributed by atoms with Gasteiger partial charge in [0.15, 0.2) is 0 Å². The smallest absolute Gasteiger partial charge is 0.248 e. The fourth-order valence-corrected chi connectivity index (χ4v) is 3.73. The Morgan fingerprint density at radius 3 is 2.47 bits per heavy atom. The molecule has 1 aliphatic heterocycles. The molecule has 0 spiro atoms. The monoisotopic (exact) mass is 432 g/mol. The lowest BCUT2D eigenvalue weighted by atomic mass is 9.99. The summed E-state index contributed by atoms with van der Waals surface area (Å²) in [5.41, 5.74) is 9.01. The highest BCUT2D eigenvalue weighted by atomic mass is 35.5. The highest BCUT2D eigenvalue weighted by molar-refractivity contribution is 6.34. The Hall–Kier alpha value is -2.42. The molecule has 2 amide bonds. The highest BCUT2D eigenvalue weighted by Crippen LogP contribution is 2.27. The third kappa shape index (κ3) is 5.00. The number of hydrazine groups is 1. The molecule has 0 radical (unpaired) electrons. The molecule has 30 heavy (non-hydrogen) atoms. The number of halogens is 1. The molecule has 3 unspecified atom stereocenters. The van der Waals surface area contributed by atoms with Crippen molar-refractivity contribution >= 4 is 34.8 Å². The van der Waals surface area contributed by atoms with E-state index >= 15 is 0 Å². The lowest BCUT2D eigenvalue weighted by Gasteiger charge is -2.16. The summed E-state index contributed by atoms with van der Waals surface area (Å²) in [4.78, 5) is 25.1. The van der Waals surface area contributed by atoms with Crippen molar-refractivity contribution in [3.63, 3.8) is 0 Å². The average Bonchev–Trinajstić information content (AvgIpc) is 3.30. The Balaban J connectivity index is 1.62. The van der Waals surface area contributed by atoms with Crippen LogP contribution in [-0.4, -0.2) is 33.7 Å². The summed E-state index contributed by atoms with van der Waals surface area (Å²) < 4.78 is 1.68. The predicted molar refractivity (Wildman–Crippen MR) is 118 cm³/mol. The van der Waals surface area contributed by atoms with Crippen LogP contribution < -0.4 is 21.5 Å². The Bertz CT molecular complexity index is 942. The SMILES string of the molecule is Cc1cc(C)n(C(C)C(=O)Nc2ccc(NC(=O)C3CC(C(C)C)NN3)cc2Cl)n1. The molecule has 1 aliphatic rings. The summed E-state index contributed by atoms with van der Waals surface area (Å²) >= 11 is 6.35. The van der Waals surface area contributed by atoms with E-state index in [1.165, 1.54) is 0 Å². The lowest BCUT2D eigenvalue weighted by molar-refractivity contribution is -0.119. The Morgan fingerprint density at radius 2 is 1.90 bits per heavy atom. The molecule has 1 fully saturated rings. The third-order valence-corrected chi connectivity index (χ3v) is 5.65. The first kappa shape index (κ1) is 22.3. The average molecular weight is 433 g/mol.